The molecule has 0 saturated carbocycles. The predicted octanol–water partition coefficient (Wildman–Crippen LogP) is 4.86. The summed E-state index contributed by atoms with van der Waals surface area (Å²) in [6.07, 6.45) is 0.853. The molecule has 1 heterocycles. The highest BCUT2D eigenvalue weighted by atomic mass is 35.5. The fourth-order valence-electron chi connectivity index (χ4n) is 3.11. The van der Waals surface area contributed by atoms with Gasteiger partial charge in [-0.25, -0.2) is 0 Å². The Bertz CT molecular complexity index is 1040. The van der Waals surface area contributed by atoms with Gasteiger partial charge >= 0.3 is 0 Å². The van der Waals surface area contributed by atoms with E-state index in [0.717, 1.165) is 18.5 Å². The van der Waals surface area contributed by atoms with E-state index in [-0.39, 0.29) is 12.5 Å². The molecule has 0 radical (unpaired) electrons. The van der Waals surface area contributed by atoms with Gasteiger partial charge in [-0.2, -0.15) is 4.98 Å². The van der Waals surface area contributed by atoms with Gasteiger partial charge in [-0.1, -0.05) is 34.4 Å². The third-order valence-electron chi connectivity index (χ3n) is 4.72. The van der Waals surface area contributed by atoms with Crippen LogP contribution in [-0.2, 0) is 13.2 Å². The second kappa shape index (κ2) is 11.3. The van der Waals surface area contributed by atoms with Crippen molar-refractivity contribution in [2.75, 3.05) is 27.2 Å². The molecule has 3 aromatic rings. The zero-order valence-corrected chi connectivity index (χ0v) is 19.9. The molecule has 0 spiro atoms. The number of benzene rings is 2. The molecular formula is C23H26Cl2N4O3. The molecule has 0 aliphatic heterocycles. The number of amides is 1. The fourth-order valence-corrected chi connectivity index (χ4v) is 3.43. The molecule has 0 aliphatic rings. The van der Waals surface area contributed by atoms with E-state index in [4.69, 9.17) is 32.5 Å². The molecule has 0 fully saturated rings. The summed E-state index contributed by atoms with van der Waals surface area (Å²) in [5.41, 5.74) is 1.51. The van der Waals surface area contributed by atoms with Gasteiger partial charge < -0.3 is 19.1 Å². The molecule has 0 atom stereocenters. The number of ether oxygens (including phenoxy) is 1. The first-order chi connectivity index (χ1) is 15.3. The van der Waals surface area contributed by atoms with Crippen LogP contribution in [0.3, 0.4) is 0 Å². The third kappa shape index (κ3) is 6.95. The van der Waals surface area contributed by atoms with Gasteiger partial charge in [-0.15, -0.1) is 0 Å². The maximum atomic E-state index is 13.3. The lowest BCUT2D eigenvalue weighted by molar-refractivity contribution is 0.0737. The van der Waals surface area contributed by atoms with Crippen LogP contribution in [0.1, 0.15) is 34.1 Å². The van der Waals surface area contributed by atoms with E-state index >= 15 is 0 Å². The Morgan fingerprint density at radius 1 is 1.06 bits per heavy atom. The lowest BCUT2D eigenvalue weighted by Crippen LogP contribution is -2.33. The van der Waals surface area contributed by atoms with Gasteiger partial charge in [0, 0.05) is 25.6 Å². The first-order valence-electron chi connectivity index (χ1n) is 10.2. The van der Waals surface area contributed by atoms with Gasteiger partial charge in [-0.05, 0) is 69.0 Å². The molecule has 32 heavy (non-hydrogen) atoms. The maximum Gasteiger partial charge on any atom is 0.254 e. The number of aryl methyl sites for hydroxylation is 1. The SMILES string of the molecule is Cc1nc(COc2ccc(C(=O)N(CCCN(C)C)Cc3ccc(Cl)c(Cl)c3)cc2)no1. The van der Waals surface area contributed by atoms with Crippen molar-refractivity contribution in [1.29, 1.82) is 0 Å². The monoisotopic (exact) mass is 476 g/mol. The Hall–Kier alpha value is -2.61. The number of carbonyl (C=O) groups is 1. The lowest BCUT2D eigenvalue weighted by Gasteiger charge is -2.24. The van der Waals surface area contributed by atoms with Crippen molar-refractivity contribution in [3.05, 3.63) is 75.4 Å². The Morgan fingerprint density at radius 2 is 1.81 bits per heavy atom. The van der Waals surface area contributed by atoms with E-state index in [2.05, 4.69) is 15.0 Å². The second-order valence-corrected chi connectivity index (χ2v) is 8.49. The normalized spacial score (nSPS) is 11.1. The average molecular weight is 477 g/mol. The summed E-state index contributed by atoms with van der Waals surface area (Å²) in [6, 6.07) is 12.5. The van der Waals surface area contributed by atoms with Crippen LogP contribution < -0.4 is 4.74 Å². The summed E-state index contributed by atoms with van der Waals surface area (Å²) in [5.74, 6) is 1.51. The molecule has 1 amide bonds. The number of aromatic nitrogens is 2. The molecule has 3 rings (SSSR count). The van der Waals surface area contributed by atoms with E-state index in [1.807, 2.05) is 25.1 Å². The van der Waals surface area contributed by atoms with Crippen molar-refractivity contribution >= 4 is 29.1 Å². The Kier molecular flexibility index (Phi) is 8.50. The zero-order valence-electron chi connectivity index (χ0n) is 18.3. The summed E-state index contributed by atoms with van der Waals surface area (Å²) < 4.78 is 10.6. The third-order valence-corrected chi connectivity index (χ3v) is 5.46. The van der Waals surface area contributed by atoms with Crippen molar-refractivity contribution in [2.24, 2.45) is 0 Å². The van der Waals surface area contributed by atoms with E-state index in [0.29, 0.717) is 46.2 Å². The molecule has 7 nitrogen and oxygen atoms in total. The zero-order chi connectivity index (χ0) is 23.1. The number of rotatable bonds is 10. The first-order valence-corrected chi connectivity index (χ1v) is 11.0. The smallest absolute Gasteiger partial charge is 0.254 e. The largest absolute Gasteiger partial charge is 0.485 e. The van der Waals surface area contributed by atoms with Crippen LogP contribution in [-0.4, -0.2) is 53.0 Å². The number of carbonyl (C=O) groups excluding carboxylic acids is 1. The van der Waals surface area contributed by atoms with E-state index in [1.54, 1.807) is 43.3 Å². The van der Waals surface area contributed by atoms with E-state index in [9.17, 15) is 4.79 Å². The molecule has 0 unspecified atom stereocenters. The maximum absolute atomic E-state index is 13.3. The molecule has 170 valence electrons. The molecular weight excluding hydrogens is 451 g/mol. The van der Waals surface area contributed by atoms with Gasteiger partial charge in [0.2, 0.25) is 11.7 Å². The van der Waals surface area contributed by atoms with Gasteiger partial charge in [0.05, 0.1) is 10.0 Å². The van der Waals surface area contributed by atoms with Crippen LogP contribution >= 0.6 is 23.2 Å². The van der Waals surface area contributed by atoms with Gasteiger partial charge in [0.25, 0.3) is 5.91 Å². The summed E-state index contributed by atoms with van der Waals surface area (Å²) in [4.78, 5) is 21.3. The molecule has 0 bridgehead atoms. The highest BCUT2D eigenvalue weighted by Gasteiger charge is 2.17. The minimum Gasteiger partial charge on any atom is -0.485 e. The topological polar surface area (TPSA) is 71.7 Å². The molecule has 0 N–H and O–H groups in total. The van der Waals surface area contributed by atoms with Crippen LogP contribution in [0.15, 0.2) is 47.0 Å². The second-order valence-electron chi connectivity index (χ2n) is 7.67. The van der Waals surface area contributed by atoms with Gasteiger partial charge in [0.1, 0.15) is 5.75 Å². The Balaban J connectivity index is 1.68. The van der Waals surface area contributed by atoms with Crippen molar-refractivity contribution in [2.45, 2.75) is 26.5 Å². The lowest BCUT2D eigenvalue weighted by atomic mass is 10.1. The molecule has 0 saturated heterocycles. The van der Waals surface area contributed by atoms with Crippen molar-refractivity contribution in [3.8, 4) is 5.75 Å². The van der Waals surface area contributed by atoms with Crippen molar-refractivity contribution < 1.29 is 14.1 Å². The number of halogens is 2. The number of hydrogen-bond donors (Lipinski definition) is 0. The Morgan fingerprint density at radius 3 is 2.44 bits per heavy atom. The molecule has 1 aromatic heterocycles. The average Bonchev–Trinajstić information content (AvgIpc) is 3.19. The highest BCUT2D eigenvalue weighted by Crippen LogP contribution is 2.24. The van der Waals surface area contributed by atoms with Crippen LogP contribution in [0.25, 0.3) is 0 Å². The van der Waals surface area contributed by atoms with Crippen molar-refractivity contribution in [1.82, 2.24) is 19.9 Å². The minimum atomic E-state index is -0.0600. The molecule has 2 aromatic carbocycles. The first kappa shape index (κ1) is 24.0. The predicted molar refractivity (Wildman–Crippen MR) is 124 cm³/mol. The summed E-state index contributed by atoms with van der Waals surface area (Å²) in [7, 11) is 4.03. The summed E-state index contributed by atoms with van der Waals surface area (Å²) >= 11 is 12.2. The number of nitrogens with zero attached hydrogens (tertiary/aromatic N) is 4. The van der Waals surface area contributed by atoms with Gasteiger partial charge in [0.15, 0.2) is 6.61 Å². The van der Waals surface area contributed by atoms with Crippen LogP contribution in [0, 0.1) is 6.92 Å². The molecule has 9 heteroatoms. The van der Waals surface area contributed by atoms with Crippen LogP contribution in [0.5, 0.6) is 5.75 Å². The van der Waals surface area contributed by atoms with Gasteiger partial charge in [-0.3, -0.25) is 4.79 Å². The fraction of sp³-hybridized carbons (Fsp3) is 0.348. The summed E-state index contributed by atoms with van der Waals surface area (Å²) in [5, 5.41) is 4.77. The minimum absolute atomic E-state index is 0.0600. The van der Waals surface area contributed by atoms with E-state index < -0.39 is 0 Å². The quantitative estimate of drug-likeness (QED) is 0.416. The standard InChI is InChI=1S/C23H26Cl2N4O3/c1-16-26-22(27-32-16)15-31-19-8-6-18(7-9-19)23(30)29(12-4-11-28(2)3)14-17-5-10-20(24)21(25)13-17/h5-10,13H,4,11-12,14-15H2,1-3H3. The highest BCUT2D eigenvalue weighted by molar-refractivity contribution is 6.42. The number of hydrogen-bond acceptors (Lipinski definition) is 6. The van der Waals surface area contributed by atoms with Crippen LogP contribution in [0.2, 0.25) is 10.0 Å². The molecule has 0 aliphatic carbocycles. The Labute approximate surface area is 197 Å². The summed E-state index contributed by atoms with van der Waals surface area (Å²) in [6.45, 7) is 3.86. The van der Waals surface area contributed by atoms with Crippen LogP contribution in [0.4, 0.5) is 0 Å². The van der Waals surface area contributed by atoms with E-state index in [1.165, 1.54) is 0 Å². The van der Waals surface area contributed by atoms with Crippen molar-refractivity contribution in [3.63, 3.8) is 0 Å².